The van der Waals surface area contributed by atoms with Crippen LogP contribution in [0.15, 0.2) is 24.3 Å². The number of fused-ring (bicyclic) bond motifs is 4. The second kappa shape index (κ2) is 9.10. The molecule has 1 aromatic heterocycles. The molecule has 9 heteroatoms. The van der Waals surface area contributed by atoms with Gasteiger partial charge in [-0.2, -0.15) is 5.10 Å². The van der Waals surface area contributed by atoms with Gasteiger partial charge >= 0.3 is 6.09 Å². The van der Waals surface area contributed by atoms with Crippen molar-refractivity contribution in [3.8, 4) is 17.0 Å². The van der Waals surface area contributed by atoms with Crippen LogP contribution in [0.2, 0.25) is 0 Å². The van der Waals surface area contributed by atoms with Crippen LogP contribution in [0.25, 0.3) is 11.3 Å². The Morgan fingerprint density at radius 1 is 1.22 bits per heavy atom. The Bertz CT molecular complexity index is 1160. The SMILES string of the molecule is Cc1c2c(nn1CC(=O)N(C)C1CCNC1)-c1ccccc1OC21CCN(C(=O)OCC2CC2)CC1. The van der Waals surface area contributed by atoms with Crippen molar-refractivity contribution in [1.29, 1.82) is 0 Å². The van der Waals surface area contributed by atoms with Crippen LogP contribution in [0.3, 0.4) is 0 Å². The molecule has 2 aromatic rings. The van der Waals surface area contributed by atoms with Gasteiger partial charge in [0.1, 0.15) is 23.6 Å². The van der Waals surface area contributed by atoms with Gasteiger partial charge in [0.2, 0.25) is 5.91 Å². The average molecular weight is 494 g/mol. The first kappa shape index (κ1) is 23.3. The van der Waals surface area contributed by atoms with E-state index in [1.54, 1.807) is 4.90 Å². The number of likely N-dealkylation sites (N-methyl/N-ethyl adjacent to an activating group) is 1. The van der Waals surface area contributed by atoms with Gasteiger partial charge in [-0.3, -0.25) is 9.48 Å². The Balaban J connectivity index is 1.26. The summed E-state index contributed by atoms with van der Waals surface area (Å²) >= 11 is 0. The minimum atomic E-state index is -0.580. The third-order valence-corrected chi connectivity index (χ3v) is 8.34. The van der Waals surface area contributed by atoms with Crippen LogP contribution in [-0.4, -0.2) is 77.5 Å². The molecule has 0 radical (unpaired) electrons. The van der Waals surface area contributed by atoms with E-state index in [0.717, 1.165) is 60.6 Å². The number of nitrogens with zero attached hydrogens (tertiary/aromatic N) is 4. The predicted molar refractivity (Wildman–Crippen MR) is 134 cm³/mol. The number of rotatable bonds is 5. The Kier molecular flexibility index (Phi) is 5.90. The lowest BCUT2D eigenvalue weighted by Crippen LogP contribution is -2.49. The van der Waals surface area contributed by atoms with Gasteiger partial charge < -0.3 is 24.6 Å². The number of nitrogens with one attached hydrogen (secondary N) is 1. The fourth-order valence-corrected chi connectivity index (χ4v) is 5.83. The zero-order valence-electron chi connectivity index (χ0n) is 21.2. The van der Waals surface area contributed by atoms with Crippen molar-refractivity contribution in [2.75, 3.05) is 39.8 Å². The normalized spacial score (nSPS) is 22.1. The molecule has 0 bridgehead atoms. The largest absolute Gasteiger partial charge is 0.482 e. The van der Waals surface area contributed by atoms with E-state index in [2.05, 4.69) is 5.32 Å². The summed E-state index contributed by atoms with van der Waals surface area (Å²) in [7, 11) is 1.89. The number of para-hydroxylation sites is 1. The zero-order chi connectivity index (χ0) is 24.9. The fraction of sp³-hybridized carbons (Fsp3) is 0.593. The van der Waals surface area contributed by atoms with Gasteiger partial charge in [-0.1, -0.05) is 12.1 Å². The number of hydrogen-bond acceptors (Lipinski definition) is 6. The van der Waals surface area contributed by atoms with Gasteiger partial charge in [-0.15, -0.1) is 0 Å². The van der Waals surface area contributed by atoms with E-state index in [9.17, 15) is 9.59 Å². The Hall–Kier alpha value is -3.07. The Morgan fingerprint density at radius 3 is 2.72 bits per heavy atom. The topological polar surface area (TPSA) is 88.9 Å². The number of carbonyl (C=O) groups excluding carboxylic acids is 2. The van der Waals surface area contributed by atoms with Gasteiger partial charge in [0, 0.05) is 62.4 Å². The van der Waals surface area contributed by atoms with E-state index >= 15 is 0 Å². The summed E-state index contributed by atoms with van der Waals surface area (Å²) in [6.07, 6.45) is 4.37. The molecule has 1 unspecified atom stereocenters. The number of likely N-dealkylation sites (tertiary alicyclic amines) is 1. The standard InChI is InChI=1S/C27H35N5O4/c1-18-24-25(29-32(18)16-23(33)30(2)20-9-12-28-15-20)21-5-3-4-6-22(21)36-27(24)10-13-31(14-11-27)26(34)35-17-19-7-8-19/h3-6,19-20,28H,7-17H2,1-2H3. The summed E-state index contributed by atoms with van der Waals surface area (Å²) in [5, 5.41) is 8.30. The molecule has 1 aliphatic carbocycles. The molecule has 9 nitrogen and oxygen atoms in total. The number of aromatic nitrogens is 2. The Morgan fingerprint density at radius 2 is 2.00 bits per heavy atom. The van der Waals surface area contributed by atoms with Crippen LogP contribution in [-0.2, 0) is 21.7 Å². The summed E-state index contributed by atoms with van der Waals surface area (Å²) in [6.45, 7) is 5.66. The van der Waals surface area contributed by atoms with E-state index < -0.39 is 5.60 Å². The molecular weight excluding hydrogens is 458 g/mol. The maximum absolute atomic E-state index is 13.2. The van der Waals surface area contributed by atoms with Crippen LogP contribution in [0.5, 0.6) is 5.75 Å². The maximum Gasteiger partial charge on any atom is 0.409 e. The van der Waals surface area contributed by atoms with E-state index in [1.807, 2.05) is 47.8 Å². The van der Waals surface area contributed by atoms with Crippen molar-refractivity contribution in [3.05, 3.63) is 35.5 Å². The second-order valence-corrected chi connectivity index (χ2v) is 10.7. The monoisotopic (exact) mass is 493 g/mol. The van der Waals surface area contributed by atoms with Crippen LogP contribution in [0.4, 0.5) is 4.79 Å². The maximum atomic E-state index is 13.2. The number of ether oxygens (including phenoxy) is 2. The van der Waals surface area contributed by atoms with Crippen LogP contribution in [0, 0.1) is 12.8 Å². The minimum Gasteiger partial charge on any atom is -0.482 e. The average Bonchev–Trinajstić information content (AvgIpc) is 3.43. The van der Waals surface area contributed by atoms with E-state index in [-0.39, 0.29) is 24.6 Å². The summed E-state index contributed by atoms with van der Waals surface area (Å²) < 4.78 is 14.1. The highest BCUT2D eigenvalue weighted by molar-refractivity contribution is 5.78. The van der Waals surface area contributed by atoms with E-state index in [0.29, 0.717) is 38.5 Å². The second-order valence-electron chi connectivity index (χ2n) is 10.7. The number of hydrogen-bond donors (Lipinski definition) is 1. The van der Waals surface area contributed by atoms with E-state index in [4.69, 9.17) is 14.6 Å². The molecule has 3 aliphatic heterocycles. The molecule has 1 spiro atoms. The summed E-state index contributed by atoms with van der Waals surface area (Å²) in [4.78, 5) is 29.4. The summed E-state index contributed by atoms with van der Waals surface area (Å²) in [5.74, 6) is 1.41. The molecule has 1 aromatic carbocycles. The molecule has 2 saturated heterocycles. The highest BCUT2D eigenvalue weighted by Gasteiger charge is 2.47. The highest BCUT2D eigenvalue weighted by Crippen LogP contribution is 2.50. The summed E-state index contributed by atoms with van der Waals surface area (Å²) in [6, 6.07) is 8.20. The van der Waals surface area contributed by atoms with Crippen molar-refractivity contribution in [1.82, 2.24) is 24.9 Å². The van der Waals surface area contributed by atoms with Crippen molar-refractivity contribution >= 4 is 12.0 Å². The van der Waals surface area contributed by atoms with Crippen LogP contribution in [0.1, 0.15) is 43.4 Å². The number of amides is 2. The smallest absolute Gasteiger partial charge is 0.409 e. The van der Waals surface area contributed by atoms with Gasteiger partial charge in [0.05, 0.1) is 6.61 Å². The lowest BCUT2D eigenvalue weighted by Gasteiger charge is -2.44. The number of benzene rings is 1. The quantitative estimate of drug-likeness (QED) is 0.689. The van der Waals surface area contributed by atoms with Gasteiger partial charge in [0.15, 0.2) is 0 Å². The van der Waals surface area contributed by atoms with Crippen molar-refractivity contribution in [2.45, 2.75) is 57.2 Å². The molecule has 36 heavy (non-hydrogen) atoms. The molecule has 4 aliphatic rings. The molecular formula is C27H35N5O4. The molecule has 1 saturated carbocycles. The first-order valence-electron chi connectivity index (χ1n) is 13.2. The highest BCUT2D eigenvalue weighted by atomic mass is 16.6. The lowest BCUT2D eigenvalue weighted by atomic mass is 9.79. The van der Waals surface area contributed by atoms with Crippen molar-refractivity contribution in [3.63, 3.8) is 0 Å². The zero-order valence-corrected chi connectivity index (χ0v) is 21.2. The van der Waals surface area contributed by atoms with Crippen LogP contribution >= 0.6 is 0 Å². The molecule has 4 heterocycles. The third kappa shape index (κ3) is 4.13. The van der Waals surface area contributed by atoms with Crippen molar-refractivity contribution in [2.24, 2.45) is 5.92 Å². The number of piperidine rings is 1. The molecule has 1 atom stereocenters. The molecule has 3 fully saturated rings. The van der Waals surface area contributed by atoms with Gasteiger partial charge in [0.25, 0.3) is 0 Å². The number of carbonyl (C=O) groups is 2. The molecule has 2 amide bonds. The first-order valence-corrected chi connectivity index (χ1v) is 13.2. The van der Waals surface area contributed by atoms with Gasteiger partial charge in [-0.05, 0) is 50.8 Å². The van der Waals surface area contributed by atoms with Gasteiger partial charge in [-0.25, -0.2) is 4.79 Å². The van der Waals surface area contributed by atoms with E-state index in [1.165, 1.54) is 0 Å². The first-order chi connectivity index (χ1) is 17.4. The lowest BCUT2D eigenvalue weighted by molar-refractivity contribution is -0.132. The molecule has 192 valence electrons. The Labute approximate surface area is 211 Å². The summed E-state index contributed by atoms with van der Waals surface area (Å²) in [5.41, 5.74) is 3.26. The third-order valence-electron chi connectivity index (χ3n) is 8.34. The molecule has 6 rings (SSSR count). The molecule has 1 N–H and O–H groups in total. The fourth-order valence-electron chi connectivity index (χ4n) is 5.83. The van der Waals surface area contributed by atoms with Crippen molar-refractivity contribution < 1.29 is 19.1 Å². The van der Waals surface area contributed by atoms with Crippen LogP contribution < -0.4 is 10.1 Å². The predicted octanol–water partition coefficient (Wildman–Crippen LogP) is 2.91. The minimum absolute atomic E-state index is 0.0585.